The van der Waals surface area contributed by atoms with E-state index in [1.807, 2.05) is 4.90 Å². The number of amides is 1. The van der Waals surface area contributed by atoms with E-state index in [1.54, 1.807) is 18.6 Å². The second-order valence-electron chi connectivity index (χ2n) is 6.29. The van der Waals surface area contributed by atoms with E-state index >= 15 is 0 Å². The molecule has 2 aliphatic rings. The molecule has 3 heterocycles. The van der Waals surface area contributed by atoms with Gasteiger partial charge in [-0.25, -0.2) is 17.7 Å². The van der Waals surface area contributed by atoms with Gasteiger partial charge < -0.3 is 9.64 Å². The fourth-order valence-corrected chi connectivity index (χ4v) is 4.11. The van der Waals surface area contributed by atoms with Gasteiger partial charge in [-0.3, -0.25) is 9.78 Å². The molecule has 132 valence electrons. The number of aromatic nitrogens is 2. The number of ether oxygens (including phenoxy) is 1. The van der Waals surface area contributed by atoms with Crippen LogP contribution in [-0.4, -0.2) is 72.0 Å². The standard InChI is InChI=1S/C15H22N4O4S/c1-24(21,22)19-8-2-12(3-9-19)15(20)18-7-4-13(11-18)23-14-10-16-5-6-17-14/h5-6,10,12-13H,2-4,7-9,11H2,1H3/t13-/m0/s1. The number of sulfonamides is 1. The van der Waals surface area contributed by atoms with Gasteiger partial charge in [-0.2, -0.15) is 0 Å². The molecule has 1 aromatic rings. The fraction of sp³-hybridized carbons (Fsp3) is 0.667. The zero-order valence-electron chi connectivity index (χ0n) is 13.7. The average molecular weight is 354 g/mol. The maximum Gasteiger partial charge on any atom is 0.232 e. The minimum Gasteiger partial charge on any atom is -0.471 e. The number of nitrogens with zero attached hydrogens (tertiary/aromatic N) is 4. The van der Waals surface area contributed by atoms with Crippen LogP contribution in [-0.2, 0) is 14.8 Å². The first-order valence-electron chi connectivity index (χ1n) is 8.10. The van der Waals surface area contributed by atoms with Crippen LogP contribution in [0.25, 0.3) is 0 Å². The van der Waals surface area contributed by atoms with E-state index < -0.39 is 10.0 Å². The third-order valence-electron chi connectivity index (χ3n) is 4.56. The molecule has 8 nitrogen and oxygen atoms in total. The van der Waals surface area contributed by atoms with Crippen molar-refractivity contribution in [2.75, 3.05) is 32.4 Å². The molecular formula is C15H22N4O4S. The maximum atomic E-state index is 12.6. The SMILES string of the molecule is CS(=O)(=O)N1CCC(C(=O)N2CC[C@H](Oc3cnccn3)C2)CC1. The van der Waals surface area contributed by atoms with Gasteiger partial charge in [0.1, 0.15) is 6.10 Å². The lowest BCUT2D eigenvalue weighted by atomic mass is 9.97. The van der Waals surface area contributed by atoms with Crippen molar-refractivity contribution in [1.29, 1.82) is 0 Å². The van der Waals surface area contributed by atoms with E-state index in [4.69, 9.17) is 4.74 Å². The quantitative estimate of drug-likeness (QED) is 0.763. The van der Waals surface area contributed by atoms with Crippen LogP contribution in [0, 0.1) is 5.92 Å². The topological polar surface area (TPSA) is 92.7 Å². The summed E-state index contributed by atoms with van der Waals surface area (Å²) in [6.07, 6.45) is 7.79. The summed E-state index contributed by atoms with van der Waals surface area (Å²) in [7, 11) is -3.16. The summed E-state index contributed by atoms with van der Waals surface area (Å²) in [4.78, 5) is 22.5. The van der Waals surface area contributed by atoms with Crippen molar-refractivity contribution >= 4 is 15.9 Å². The van der Waals surface area contributed by atoms with Crippen LogP contribution < -0.4 is 4.74 Å². The molecule has 0 N–H and O–H groups in total. The largest absolute Gasteiger partial charge is 0.471 e. The van der Waals surface area contributed by atoms with Gasteiger partial charge in [-0.15, -0.1) is 0 Å². The Morgan fingerprint density at radius 3 is 2.58 bits per heavy atom. The number of likely N-dealkylation sites (tertiary alicyclic amines) is 1. The van der Waals surface area contributed by atoms with E-state index in [2.05, 4.69) is 9.97 Å². The molecule has 0 radical (unpaired) electrons. The van der Waals surface area contributed by atoms with Crippen LogP contribution in [0.4, 0.5) is 0 Å². The Morgan fingerprint density at radius 2 is 1.96 bits per heavy atom. The molecular weight excluding hydrogens is 332 g/mol. The predicted molar refractivity (Wildman–Crippen MR) is 86.8 cm³/mol. The van der Waals surface area contributed by atoms with Crippen molar-refractivity contribution in [2.24, 2.45) is 5.92 Å². The number of rotatable bonds is 4. The molecule has 9 heteroatoms. The first kappa shape index (κ1) is 17.1. The first-order valence-corrected chi connectivity index (χ1v) is 9.95. The molecule has 2 fully saturated rings. The van der Waals surface area contributed by atoms with E-state index in [0.717, 1.165) is 6.42 Å². The van der Waals surface area contributed by atoms with Gasteiger partial charge in [-0.1, -0.05) is 0 Å². The molecule has 0 saturated carbocycles. The van der Waals surface area contributed by atoms with Crippen molar-refractivity contribution in [3.63, 3.8) is 0 Å². The predicted octanol–water partition coefficient (Wildman–Crippen LogP) is 0.128. The van der Waals surface area contributed by atoms with Gasteiger partial charge in [-0.05, 0) is 12.8 Å². The fourth-order valence-electron chi connectivity index (χ4n) is 3.23. The van der Waals surface area contributed by atoms with Crippen LogP contribution >= 0.6 is 0 Å². The molecule has 1 atom stereocenters. The van der Waals surface area contributed by atoms with Crippen molar-refractivity contribution in [3.05, 3.63) is 18.6 Å². The Balaban J connectivity index is 1.50. The molecule has 0 aromatic carbocycles. The molecule has 0 unspecified atom stereocenters. The van der Waals surface area contributed by atoms with Crippen LogP contribution in [0.15, 0.2) is 18.6 Å². The zero-order chi connectivity index (χ0) is 17.2. The average Bonchev–Trinajstić information content (AvgIpc) is 3.03. The molecule has 24 heavy (non-hydrogen) atoms. The highest BCUT2D eigenvalue weighted by atomic mass is 32.2. The summed E-state index contributed by atoms with van der Waals surface area (Å²) in [5.41, 5.74) is 0. The van der Waals surface area contributed by atoms with Crippen molar-refractivity contribution < 1.29 is 17.9 Å². The number of carbonyl (C=O) groups is 1. The van der Waals surface area contributed by atoms with Gasteiger partial charge in [0.25, 0.3) is 0 Å². The van der Waals surface area contributed by atoms with Gasteiger partial charge >= 0.3 is 0 Å². The summed E-state index contributed by atoms with van der Waals surface area (Å²) >= 11 is 0. The summed E-state index contributed by atoms with van der Waals surface area (Å²) in [5.74, 6) is 0.477. The Bertz CT molecular complexity index is 674. The summed E-state index contributed by atoms with van der Waals surface area (Å²) < 4.78 is 30.3. The molecule has 0 aliphatic carbocycles. The maximum absolute atomic E-state index is 12.6. The Morgan fingerprint density at radius 1 is 1.21 bits per heavy atom. The Hall–Kier alpha value is -1.74. The van der Waals surface area contributed by atoms with E-state index in [0.29, 0.717) is 44.9 Å². The minimum absolute atomic E-state index is 0.0678. The second kappa shape index (κ2) is 7.02. The normalized spacial score (nSPS) is 23.4. The van der Waals surface area contributed by atoms with Gasteiger partial charge in [0, 0.05) is 44.4 Å². The molecule has 2 saturated heterocycles. The molecule has 0 bridgehead atoms. The van der Waals surface area contributed by atoms with Gasteiger partial charge in [0.05, 0.1) is 19.0 Å². The lowest BCUT2D eigenvalue weighted by Gasteiger charge is -2.31. The second-order valence-corrected chi connectivity index (χ2v) is 8.28. The van der Waals surface area contributed by atoms with Crippen molar-refractivity contribution in [2.45, 2.75) is 25.4 Å². The highest BCUT2D eigenvalue weighted by Gasteiger charge is 2.35. The van der Waals surface area contributed by atoms with Crippen LogP contribution in [0.3, 0.4) is 0 Å². The van der Waals surface area contributed by atoms with Gasteiger partial charge in [0.15, 0.2) is 0 Å². The van der Waals surface area contributed by atoms with E-state index in [-0.39, 0.29) is 17.9 Å². The number of hydrogen-bond donors (Lipinski definition) is 0. The smallest absolute Gasteiger partial charge is 0.232 e. The molecule has 1 aromatic heterocycles. The monoisotopic (exact) mass is 354 g/mol. The number of piperidine rings is 1. The lowest BCUT2D eigenvalue weighted by Crippen LogP contribution is -2.43. The third-order valence-corrected chi connectivity index (χ3v) is 5.86. The highest BCUT2D eigenvalue weighted by Crippen LogP contribution is 2.24. The Labute approximate surface area is 141 Å². The molecule has 3 rings (SSSR count). The summed E-state index contributed by atoms with van der Waals surface area (Å²) in [6.45, 7) is 2.04. The molecule has 0 spiro atoms. The van der Waals surface area contributed by atoms with Crippen LogP contribution in [0.2, 0.25) is 0 Å². The van der Waals surface area contributed by atoms with E-state index in [9.17, 15) is 13.2 Å². The third kappa shape index (κ3) is 4.02. The lowest BCUT2D eigenvalue weighted by molar-refractivity contribution is -0.135. The number of hydrogen-bond acceptors (Lipinski definition) is 6. The minimum atomic E-state index is -3.16. The zero-order valence-corrected chi connectivity index (χ0v) is 14.5. The van der Waals surface area contributed by atoms with Crippen molar-refractivity contribution in [1.82, 2.24) is 19.2 Å². The summed E-state index contributed by atoms with van der Waals surface area (Å²) in [6, 6.07) is 0. The first-order chi connectivity index (χ1) is 11.4. The van der Waals surface area contributed by atoms with E-state index in [1.165, 1.54) is 10.6 Å². The van der Waals surface area contributed by atoms with Crippen LogP contribution in [0.5, 0.6) is 5.88 Å². The van der Waals surface area contributed by atoms with Crippen molar-refractivity contribution in [3.8, 4) is 5.88 Å². The van der Waals surface area contributed by atoms with Gasteiger partial charge in [0.2, 0.25) is 21.8 Å². The number of carbonyl (C=O) groups excluding carboxylic acids is 1. The summed E-state index contributed by atoms with van der Waals surface area (Å²) in [5, 5.41) is 0. The highest BCUT2D eigenvalue weighted by molar-refractivity contribution is 7.88. The van der Waals surface area contributed by atoms with Crippen LogP contribution in [0.1, 0.15) is 19.3 Å². The Kier molecular flexibility index (Phi) is 5.00. The molecule has 1 amide bonds. The molecule has 2 aliphatic heterocycles.